The van der Waals surface area contributed by atoms with E-state index in [1.807, 2.05) is 6.92 Å². The van der Waals surface area contributed by atoms with Gasteiger partial charge in [0, 0.05) is 23.8 Å². The Morgan fingerprint density at radius 1 is 1.35 bits per heavy atom. The Labute approximate surface area is 132 Å². The minimum Gasteiger partial charge on any atom is -0.338 e. The molecule has 1 fully saturated rings. The van der Waals surface area contributed by atoms with Gasteiger partial charge in [0.05, 0.1) is 15.6 Å². The summed E-state index contributed by atoms with van der Waals surface area (Å²) in [5.74, 6) is 0.0305. The second-order valence-corrected chi connectivity index (χ2v) is 8.14. The van der Waals surface area contributed by atoms with E-state index in [0.29, 0.717) is 19.0 Å². The molecule has 0 bridgehead atoms. The van der Waals surface area contributed by atoms with Gasteiger partial charge in [-0.1, -0.05) is 30.1 Å². The van der Waals surface area contributed by atoms with Gasteiger partial charge in [-0.3, -0.25) is 4.79 Å². The summed E-state index contributed by atoms with van der Waals surface area (Å²) in [6, 6.07) is 2.51. The van der Waals surface area contributed by atoms with Crippen molar-refractivity contribution in [1.82, 2.24) is 4.90 Å². The molecule has 1 aliphatic rings. The van der Waals surface area contributed by atoms with Crippen molar-refractivity contribution in [2.45, 2.75) is 18.2 Å². The zero-order valence-electron chi connectivity index (χ0n) is 10.6. The van der Waals surface area contributed by atoms with Gasteiger partial charge in [0.15, 0.2) is 0 Å². The summed E-state index contributed by atoms with van der Waals surface area (Å²) >= 11 is 12.0. The number of rotatable bonds is 2. The normalized spacial score (nSPS) is 19.4. The number of carbonyl (C=O) groups excluding carboxylic acids is 1. The lowest BCUT2D eigenvalue weighted by atomic mass is 10.2. The van der Waals surface area contributed by atoms with Crippen molar-refractivity contribution in [2.75, 3.05) is 13.1 Å². The topological polar surface area (TPSA) is 54.5 Å². The van der Waals surface area contributed by atoms with E-state index in [9.17, 15) is 13.2 Å². The van der Waals surface area contributed by atoms with Crippen molar-refractivity contribution in [1.29, 1.82) is 0 Å². The molecule has 1 aromatic carbocycles. The molecule has 1 atom stereocenters. The summed E-state index contributed by atoms with van der Waals surface area (Å²) in [5, 5.41) is -0.110. The molecule has 1 saturated heterocycles. The van der Waals surface area contributed by atoms with Crippen LogP contribution in [0.4, 0.5) is 0 Å². The molecule has 1 aromatic rings. The molecule has 20 heavy (non-hydrogen) atoms. The highest BCUT2D eigenvalue weighted by molar-refractivity contribution is 8.13. The molecule has 4 nitrogen and oxygen atoms in total. The summed E-state index contributed by atoms with van der Waals surface area (Å²) in [5.41, 5.74) is -0.0100. The summed E-state index contributed by atoms with van der Waals surface area (Å²) in [7, 11) is 1.27. The van der Waals surface area contributed by atoms with E-state index in [1.54, 1.807) is 4.90 Å². The molecule has 0 saturated carbocycles. The average molecular weight is 357 g/mol. The van der Waals surface area contributed by atoms with E-state index in [2.05, 4.69) is 0 Å². The molecular weight excluding hydrogens is 345 g/mol. The number of likely N-dealkylation sites (tertiary alicyclic amines) is 1. The van der Waals surface area contributed by atoms with Crippen LogP contribution in [-0.4, -0.2) is 32.3 Å². The fourth-order valence-corrected chi connectivity index (χ4v) is 4.08. The number of nitrogens with zero attached hydrogens (tertiary/aromatic N) is 1. The molecule has 110 valence electrons. The number of halogens is 3. The molecule has 0 aromatic heterocycles. The van der Waals surface area contributed by atoms with Crippen molar-refractivity contribution in [2.24, 2.45) is 5.92 Å². The third-order valence-electron chi connectivity index (χ3n) is 3.24. The number of benzene rings is 1. The molecule has 8 heteroatoms. The van der Waals surface area contributed by atoms with Gasteiger partial charge in [-0.05, 0) is 24.5 Å². The van der Waals surface area contributed by atoms with Gasteiger partial charge >= 0.3 is 0 Å². The van der Waals surface area contributed by atoms with Gasteiger partial charge in [0.25, 0.3) is 15.0 Å². The third kappa shape index (κ3) is 3.06. The fourth-order valence-electron chi connectivity index (χ4n) is 2.20. The van der Waals surface area contributed by atoms with Crippen LogP contribution >= 0.6 is 33.9 Å². The molecule has 0 N–H and O–H groups in total. The van der Waals surface area contributed by atoms with Crippen molar-refractivity contribution in [3.05, 3.63) is 27.7 Å². The highest BCUT2D eigenvalue weighted by Crippen LogP contribution is 2.34. The Morgan fingerprint density at radius 2 is 2.00 bits per heavy atom. The highest BCUT2D eigenvalue weighted by Gasteiger charge is 2.29. The van der Waals surface area contributed by atoms with Gasteiger partial charge in [-0.15, -0.1) is 0 Å². The van der Waals surface area contributed by atoms with Crippen LogP contribution in [0.15, 0.2) is 17.0 Å². The Balaban J connectivity index is 2.49. The quantitative estimate of drug-likeness (QED) is 0.763. The first-order valence-corrected chi connectivity index (χ1v) is 9.00. The third-order valence-corrected chi connectivity index (χ3v) is 5.43. The molecular formula is C12H12Cl3NO3S. The lowest BCUT2D eigenvalue weighted by molar-refractivity contribution is 0.0788. The van der Waals surface area contributed by atoms with Gasteiger partial charge < -0.3 is 4.90 Å². The summed E-state index contributed by atoms with van der Waals surface area (Å²) < 4.78 is 22.9. The molecule has 2 rings (SSSR count). The van der Waals surface area contributed by atoms with Gasteiger partial charge in [-0.2, -0.15) is 0 Å². The Hall–Kier alpha value is -0.490. The Bertz CT molecular complexity index is 660. The first-order valence-electron chi connectivity index (χ1n) is 5.93. The van der Waals surface area contributed by atoms with Crippen molar-refractivity contribution < 1.29 is 13.2 Å². The summed E-state index contributed by atoms with van der Waals surface area (Å²) in [4.78, 5) is 13.7. The van der Waals surface area contributed by atoms with E-state index >= 15 is 0 Å². The maximum atomic E-state index is 12.4. The molecule has 1 amide bonds. The number of carbonyl (C=O) groups is 1. The van der Waals surface area contributed by atoms with Crippen molar-refractivity contribution in [3.8, 4) is 0 Å². The monoisotopic (exact) mass is 355 g/mol. The van der Waals surface area contributed by atoms with Crippen LogP contribution in [-0.2, 0) is 9.05 Å². The lowest BCUT2D eigenvalue weighted by Gasteiger charge is -2.18. The number of hydrogen-bond acceptors (Lipinski definition) is 3. The second-order valence-electron chi connectivity index (χ2n) is 4.82. The highest BCUT2D eigenvalue weighted by atomic mass is 35.7. The number of hydrogen-bond donors (Lipinski definition) is 0. The molecule has 0 radical (unpaired) electrons. The minimum absolute atomic E-state index is 0.0100. The summed E-state index contributed by atoms with van der Waals surface area (Å²) in [6.07, 6.45) is 0.897. The predicted octanol–water partition coefficient (Wildman–Crippen LogP) is 3.40. The summed E-state index contributed by atoms with van der Waals surface area (Å²) in [6.45, 7) is 3.24. The lowest BCUT2D eigenvalue weighted by Crippen LogP contribution is -2.29. The van der Waals surface area contributed by atoms with Crippen molar-refractivity contribution in [3.63, 3.8) is 0 Å². The molecule has 0 aliphatic carbocycles. The van der Waals surface area contributed by atoms with Crippen LogP contribution in [0.1, 0.15) is 23.7 Å². The average Bonchev–Trinajstić information content (AvgIpc) is 2.74. The van der Waals surface area contributed by atoms with Crippen molar-refractivity contribution >= 4 is 48.8 Å². The van der Waals surface area contributed by atoms with E-state index in [-0.39, 0.29) is 26.4 Å². The van der Waals surface area contributed by atoms with Crippen LogP contribution in [0.3, 0.4) is 0 Å². The second kappa shape index (κ2) is 5.72. The van der Waals surface area contributed by atoms with Gasteiger partial charge in [-0.25, -0.2) is 8.42 Å². The minimum atomic E-state index is -4.03. The Kier molecular flexibility index (Phi) is 4.54. The first-order chi connectivity index (χ1) is 9.21. The van der Waals surface area contributed by atoms with Crippen LogP contribution in [0.2, 0.25) is 10.0 Å². The van der Waals surface area contributed by atoms with E-state index in [0.717, 1.165) is 6.42 Å². The maximum Gasteiger partial charge on any atom is 0.262 e. The van der Waals surface area contributed by atoms with E-state index in [1.165, 1.54) is 12.1 Å². The van der Waals surface area contributed by atoms with Gasteiger partial charge in [0.2, 0.25) is 0 Å². The predicted molar refractivity (Wildman–Crippen MR) is 79.2 cm³/mol. The molecule has 1 aliphatic heterocycles. The zero-order chi connectivity index (χ0) is 15.1. The molecule has 1 unspecified atom stereocenters. The Morgan fingerprint density at radius 3 is 2.50 bits per heavy atom. The van der Waals surface area contributed by atoms with Crippen LogP contribution in [0, 0.1) is 5.92 Å². The zero-order valence-corrected chi connectivity index (χ0v) is 13.7. The van der Waals surface area contributed by atoms with E-state index < -0.39 is 9.05 Å². The largest absolute Gasteiger partial charge is 0.338 e. The SMILES string of the molecule is CC1CCN(C(=O)c2c(Cl)ccc(S(=O)(=O)Cl)c2Cl)C1. The van der Waals surface area contributed by atoms with Crippen LogP contribution in [0.25, 0.3) is 0 Å². The maximum absolute atomic E-state index is 12.4. The standard InChI is InChI=1S/C12H12Cl3NO3S/c1-7-4-5-16(6-7)12(17)10-8(13)2-3-9(11(10)14)20(15,18)19/h2-3,7H,4-6H2,1H3. The first kappa shape index (κ1) is 15.9. The molecule has 1 heterocycles. The van der Waals surface area contributed by atoms with Gasteiger partial charge in [0.1, 0.15) is 4.90 Å². The van der Waals surface area contributed by atoms with Crippen LogP contribution < -0.4 is 0 Å². The van der Waals surface area contributed by atoms with Crippen LogP contribution in [0.5, 0.6) is 0 Å². The van der Waals surface area contributed by atoms with E-state index in [4.69, 9.17) is 33.9 Å². The fraction of sp³-hybridized carbons (Fsp3) is 0.417. The smallest absolute Gasteiger partial charge is 0.262 e. The number of amides is 1. The molecule has 0 spiro atoms.